The number of sulfonamides is 1. The molecule has 0 heterocycles. The lowest BCUT2D eigenvalue weighted by Gasteiger charge is -2.16. The van der Waals surface area contributed by atoms with Crippen molar-refractivity contribution in [3.63, 3.8) is 0 Å². The quantitative estimate of drug-likeness (QED) is 0.742. The second-order valence-corrected chi connectivity index (χ2v) is 7.46. The van der Waals surface area contributed by atoms with E-state index in [1.165, 1.54) is 19.1 Å². The molecule has 0 aliphatic heterocycles. The van der Waals surface area contributed by atoms with Crippen molar-refractivity contribution in [2.24, 2.45) is 0 Å². The van der Waals surface area contributed by atoms with Gasteiger partial charge in [-0.3, -0.25) is 4.79 Å². The highest BCUT2D eigenvalue weighted by Gasteiger charge is 2.22. The number of rotatable bonds is 8. The van der Waals surface area contributed by atoms with Gasteiger partial charge >= 0.3 is 0 Å². The first-order valence-electron chi connectivity index (χ1n) is 8.51. The minimum absolute atomic E-state index is 0.0783. The van der Waals surface area contributed by atoms with Gasteiger partial charge in [0.2, 0.25) is 15.9 Å². The van der Waals surface area contributed by atoms with Gasteiger partial charge in [0.1, 0.15) is 5.75 Å². The molecule has 0 fully saturated rings. The molecule has 0 aliphatic carbocycles. The number of nitrogens with one attached hydrogen (secondary N) is 2. The highest BCUT2D eigenvalue weighted by Crippen LogP contribution is 2.18. The van der Waals surface area contributed by atoms with Crippen LogP contribution in [0.3, 0.4) is 0 Å². The van der Waals surface area contributed by atoms with Crippen LogP contribution in [0.4, 0.5) is 5.69 Å². The molecular weight excluding hydrogens is 352 g/mol. The predicted octanol–water partition coefficient (Wildman–Crippen LogP) is 2.95. The number of hydrogen-bond donors (Lipinski definition) is 2. The zero-order chi connectivity index (χ0) is 19.2. The van der Waals surface area contributed by atoms with Crippen molar-refractivity contribution in [3.05, 3.63) is 54.1 Å². The van der Waals surface area contributed by atoms with Gasteiger partial charge in [-0.2, -0.15) is 4.72 Å². The Morgan fingerprint density at radius 3 is 2.35 bits per heavy atom. The molecule has 0 unspecified atom stereocenters. The Morgan fingerprint density at radius 1 is 1.08 bits per heavy atom. The van der Waals surface area contributed by atoms with E-state index in [1.54, 1.807) is 18.2 Å². The number of carbonyl (C=O) groups is 1. The van der Waals surface area contributed by atoms with Crippen LogP contribution in [0.1, 0.15) is 26.3 Å². The van der Waals surface area contributed by atoms with Gasteiger partial charge in [-0.15, -0.1) is 0 Å². The molecule has 7 heteroatoms. The standard InChI is InChI=1S/C19H24N2O4S/c1-4-15-8-6-7-9-18(15)20-19(22)14(3)21-26(23,24)17-12-10-16(11-13-17)25-5-2/h6-14,21H,4-5H2,1-3H3,(H,20,22)/t14-/m1/s1. The van der Waals surface area contributed by atoms with E-state index in [-0.39, 0.29) is 4.90 Å². The fourth-order valence-electron chi connectivity index (χ4n) is 2.43. The summed E-state index contributed by atoms with van der Waals surface area (Å²) in [4.78, 5) is 12.4. The Labute approximate surface area is 154 Å². The Morgan fingerprint density at radius 2 is 1.73 bits per heavy atom. The van der Waals surface area contributed by atoms with Gasteiger partial charge in [0, 0.05) is 5.69 Å². The summed E-state index contributed by atoms with van der Waals surface area (Å²) < 4.78 is 32.6. The molecule has 2 rings (SSSR count). The minimum Gasteiger partial charge on any atom is -0.494 e. The lowest BCUT2D eigenvalue weighted by atomic mass is 10.1. The summed E-state index contributed by atoms with van der Waals surface area (Å²) in [5, 5.41) is 2.78. The van der Waals surface area contributed by atoms with Gasteiger partial charge in [0.05, 0.1) is 17.5 Å². The number of ether oxygens (including phenoxy) is 1. The number of aryl methyl sites for hydroxylation is 1. The lowest BCUT2D eigenvalue weighted by molar-refractivity contribution is -0.117. The van der Waals surface area contributed by atoms with Crippen LogP contribution in [0, 0.1) is 0 Å². The summed E-state index contributed by atoms with van der Waals surface area (Å²) in [6.07, 6.45) is 0.767. The average Bonchev–Trinajstić information content (AvgIpc) is 2.62. The molecule has 0 aromatic heterocycles. The molecule has 1 amide bonds. The van der Waals surface area contributed by atoms with Crippen LogP contribution in [0.15, 0.2) is 53.4 Å². The molecule has 6 nitrogen and oxygen atoms in total. The second kappa shape index (κ2) is 8.82. The molecule has 2 N–H and O–H groups in total. The normalized spacial score (nSPS) is 12.4. The first-order chi connectivity index (χ1) is 12.4. The van der Waals surface area contributed by atoms with Gasteiger partial charge in [0.15, 0.2) is 0 Å². The number of hydrogen-bond acceptors (Lipinski definition) is 4. The van der Waals surface area contributed by atoms with Crippen molar-refractivity contribution in [1.82, 2.24) is 4.72 Å². The monoisotopic (exact) mass is 376 g/mol. The molecule has 0 saturated heterocycles. The summed E-state index contributed by atoms with van der Waals surface area (Å²) in [5.74, 6) is 0.175. The van der Waals surface area contributed by atoms with Crippen molar-refractivity contribution < 1.29 is 17.9 Å². The molecule has 0 spiro atoms. The number of amides is 1. The number of anilines is 1. The number of para-hydroxylation sites is 1. The van der Waals surface area contributed by atoms with Gasteiger partial charge < -0.3 is 10.1 Å². The van der Waals surface area contributed by atoms with Crippen LogP contribution in [0.25, 0.3) is 0 Å². The lowest BCUT2D eigenvalue weighted by Crippen LogP contribution is -2.41. The Hall–Kier alpha value is -2.38. The highest BCUT2D eigenvalue weighted by molar-refractivity contribution is 7.89. The van der Waals surface area contributed by atoms with Crippen LogP contribution < -0.4 is 14.8 Å². The minimum atomic E-state index is -3.81. The van der Waals surface area contributed by atoms with Gasteiger partial charge in [0.25, 0.3) is 0 Å². The van der Waals surface area contributed by atoms with E-state index in [2.05, 4.69) is 10.0 Å². The molecule has 0 saturated carbocycles. The van der Waals surface area contributed by atoms with E-state index in [4.69, 9.17) is 4.74 Å². The van der Waals surface area contributed by atoms with Crippen molar-refractivity contribution in [3.8, 4) is 5.75 Å². The fraction of sp³-hybridized carbons (Fsp3) is 0.316. The van der Waals surface area contributed by atoms with E-state index >= 15 is 0 Å². The fourth-order valence-corrected chi connectivity index (χ4v) is 3.63. The maximum atomic E-state index is 12.5. The summed E-state index contributed by atoms with van der Waals surface area (Å²) in [6.45, 7) is 5.85. The Kier molecular flexibility index (Phi) is 6.76. The third-order valence-corrected chi connectivity index (χ3v) is 5.38. The summed E-state index contributed by atoms with van der Waals surface area (Å²) >= 11 is 0. The highest BCUT2D eigenvalue weighted by atomic mass is 32.2. The van der Waals surface area contributed by atoms with Crippen molar-refractivity contribution >= 4 is 21.6 Å². The van der Waals surface area contributed by atoms with E-state index < -0.39 is 22.0 Å². The molecule has 2 aromatic rings. The first-order valence-corrected chi connectivity index (χ1v) is 9.99. The zero-order valence-corrected chi connectivity index (χ0v) is 16.0. The van der Waals surface area contributed by atoms with Crippen LogP contribution in [-0.4, -0.2) is 27.0 Å². The number of benzene rings is 2. The van der Waals surface area contributed by atoms with Crippen molar-refractivity contribution in [1.29, 1.82) is 0 Å². The van der Waals surface area contributed by atoms with E-state index in [0.29, 0.717) is 18.0 Å². The smallest absolute Gasteiger partial charge is 0.242 e. The van der Waals surface area contributed by atoms with E-state index in [9.17, 15) is 13.2 Å². The zero-order valence-electron chi connectivity index (χ0n) is 15.2. The van der Waals surface area contributed by atoms with Gasteiger partial charge in [-0.1, -0.05) is 25.1 Å². The van der Waals surface area contributed by atoms with Crippen molar-refractivity contribution in [2.75, 3.05) is 11.9 Å². The topological polar surface area (TPSA) is 84.5 Å². The SMILES string of the molecule is CCOc1ccc(S(=O)(=O)N[C@H](C)C(=O)Nc2ccccc2CC)cc1. The van der Waals surface area contributed by atoms with Crippen molar-refractivity contribution in [2.45, 2.75) is 38.1 Å². The van der Waals surface area contributed by atoms with Crippen LogP contribution in [0.2, 0.25) is 0 Å². The van der Waals surface area contributed by atoms with Crippen LogP contribution in [-0.2, 0) is 21.2 Å². The average molecular weight is 376 g/mol. The van der Waals surface area contributed by atoms with Crippen LogP contribution in [0.5, 0.6) is 5.75 Å². The number of carbonyl (C=O) groups excluding carboxylic acids is 1. The van der Waals surface area contributed by atoms with E-state index in [1.807, 2.05) is 32.0 Å². The summed E-state index contributed by atoms with van der Waals surface area (Å²) in [6, 6.07) is 12.6. The third-order valence-electron chi connectivity index (χ3n) is 3.83. The maximum Gasteiger partial charge on any atom is 0.242 e. The Balaban J connectivity index is 2.07. The second-order valence-electron chi connectivity index (χ2n) is 5.75. The third kappa shape index (κ3) is 5.06. The van der Waals surface area contributed by atoms with E-state index in [0.717, 1.165) is 12.0 Å². The molecule has 0 bridgehead atoms. The van der Waals surface area contributed by atoms with Crippen LogP contribution >= 0.6 is 0 Å². The molecule has 1 atom stereocenters. The Bertz CT molecular complexity index is 848. The molecule has 2 aromatic carbocycles. The largest absolute Gasteiger partial charge is 0.494 e. The summed E-state index contributed by atoms with van der Waals surface area (Å²) in [5.41, 5.74) is 1.68. The molecular formula is C19H24N2O4S. The van der Waals surface area contributed by atoms with Gasteiger partial charge in [-0.25, -0.2) is 8.42 Å². The molecule has 0 aliphatic rings. The molecule has 140 valence electrons. The molecule has 0 radical (unpaired) electrons. The maximum absolute atomic E-state index is 12.5. The van der Waals surface area contributed by atoms with Gasteiger partial charge in [-0.05, 0) is 56.2 Å². The molecule has 26 heavy (non-hydrogen) atoms. The predicted molar refractivity (Wildman–Crippen MR) is 102 cm³/mol. The summed E-state index contributed by atoms with van der Waals surface area (Å²) in [7, 11) is -3.81. The first kappa shape index (κ1) is 19.9.